The third-order valence-electron chi connectivity index (χ3n) is 6.24. The average molecular weight is 278 g/mol. The van der Waals surface area contributed by atoms with E-state index >= 15 is 0 Å². The fourth-order valence-electron chi connectivity index (χ4n) is 5.99. The second-order valence-corrected chi connectivity index (χ2v) is 8.24. The first kappa shape index (κ1) is 14.4. The van der Waals surface area contributed by atoms with Crippen LogP contribution >= 0.6 is 0 Å². The van der Waals surface area contributed by atoms with Crippen molar-refractivity contribution in [2.45, 2.75) is 52.9 Å². The molecule has 2 nitrogen and oxygen atoms in total. The van der Waals surface area contributed by atoms with Crippen LogP contribution in [-0.4, -0.2) is 13.1 Å². The molecule has 0 aromatic heterocycles. The standard InChI is InChI=1S/C14H20O2.C4H10/c1-16-14(15)11-6-9-5-10(11)13-8-3-2-7(4-8)12(9)13;1-4(2)3/h7-13H,2-6H2,1H3;4H,1-3H3. The molecule has 2 heteroatoms. The van der Waals surface area contributed by atoms with Crippen LogP contribution in [0.15, 0.2) is 0 Å². The summed E-state index contributed by atoms with van der Waals surface area (Å²) in [7, 11) is 1.55. The number of methoxy groups -OCH3 is 1. The number of ether oxygens (including phenoxy) is 1. The minimum atomic E-state index is 0.0775. The van der Waals surface area contributed by atoms with Crippen molar-refractivity contribution in [2.75, 3.05) is 7.11 Å². The average Bonchev–Trinajstić information content (AvgIpc) is 3.13. The van der Waals surface area contributed by atoms with Gasteiger partial charge in [-0.2, -0.15) is 0 Å². The Hall–Kier alpha value is -0.530. The van der Waals surface area contributed by atoms with Crippen molar-refractivity contribution in [1.29, 1.82) is 0 Å². The first-order chi connectivity index (χ1) is 9.52. The molecular weight excluding hydrogens is 248 g/mol. The lowest BCUT2D eigenvalue weighted by Crippen LogP contribution is -2.36. The van der Waals surface area contributed by atoms with Crippen LogP contribution in [0.5, 0.6) is 0 Å². The number of fused-ring (bicyclic) bond motifs is 9. The maximum absolute atomic E-state index is 11.8. The molecule has 0 spiro atoms. The minimum absolute atomic E-state index is 0.0775. The highest BCUT2D eigenvalue weighted by Gasteiger charge is 2.63. The monoisotopic (exact) mass is 278 g/mol. The smallest absolute Gasteiger partial charge is 0.308 e. The number of carbonyl (C=O) groups excluding carboxylic acids is 1. The van der Waals surface area contributed by atoms with Gasteiger partial charge in [0.25, 0.3) is 0 Å². The Morgan fingerprint density at radius 2 is 1.55 bits per heavy atom. The highest BCUT2D eigenvalue weighted by atomic mass is 16.5. The van der Waals surface area contributed by atoms with Crippen LogP contribution in [0.25, 0.3) is 0 Å². The summed E-state index contributed by atoms with van der Waals surface area (Å²) in [6, 6.07) is 0. The van der Waals surface area contributed by atoms with E-state index < -0.39 is 0 Å². The minimum Gasteiger partial charge on any atom is -0.469 e. The van der Waals surface area contributed by atoms with Gasteiger partial charge in [0.1, 0.15) is 0 Å². The van der Waals surface area contributed by atoms with E-state index in [1.54, 1.807) is 7.11 Å². The molecule has 0 N–H and O–H groups in total. The largest absolute Gasteiger partial charge is 0.469 e. The maximum Gasteiger partial charge on any atom is 0.308 e. The van der Waals surface area contributed by atoms with Gasteiger partial charge < -0.3 is 4.74 Å². The topological polar surface area (TPSA) is 26.3 Å². The predicted molar refractivity (Wildman–Crippen MR) is 80.0 cm³/mol. The molecule has 4 rings (SSSR count). The summed E-state index contributed by atoms with van der Waals surface area (Å²) in [4.78, 5) is 11.8. The van der Waals surface area contributed by atoms with E-state index in [0.29, 0.717) is 5.92 Å². The fourth-order valence-corrected chi connectivity index (χ4v) is 5.99. The van der Waals surface area contributed by atoms with Crippen LogP contribution in [0, 0.1) is 47.3 Å². The van der Waals surface area contributed by atoms with E-state index in [1.165, 1.54) is 25.7 Å². The lowest BCUT2D eigenvalue weighted by Gasteiger charge is -2.37. The van der Waals surface area contributed by atoms with Gasteiger partial charge >= 0.3 is 5.97 Å². The Bertz CT molecular complexity index is 373. The van der Waals surface area contributed by atoms with Crippen molar-refractivity contribution in [3.8, 4) is 0 Å². The molecule has 0 saturated heterocycles. The SMILES string of the molecule is CC(C)C.COC(=O)C1CC2CC1C1C3CCC(C3)C21. The zero-order valence-electron chi connectivity index (χ0n) is 13.5. The van der Waals surface area contributed by atoms with Gasteiger partial charge in [0.2, 0.25) is 0 Å². The fraction of sp³-hybridized carbons (Fsp3) is 0.944. The normalized spacial score (nSPS) is 47.1. The van der Waals surface area contributed by atoms with Crippen molar-refractivity contribution in [2.24, 2.45) is 47.3 Å². The van der Waals surface area contributed by atoms with Crippen LogP contribution in [-0.2, 0) is 9.53 Å². The number of esters is 1. The van der Waals surface area contributed by atoms with Crippen molar-refractivity contribution in [3.05, 3.63) is 0 Å². The van der Waals surface area contributed by atoms with Gasteiger partial charge in [-0.25, -0.2) is 0 Å². The van der Waals surface area contributed by atoms with Crippen molar-refractivity contribution in [1.82, 2.24) is 0 Å². The predicted octanol–water partition coefficient (Wildman–Crippen LogP) is 4.14. The van der Waals surface area contributed by atoms with Crippen LogP contribution in [0.1, 0.15) is 52.9 Å². The number of hydrogen-bond acceptors (Lipinski definition) is 2. The molecule has 4 saturated carbocycles. The van der Waals surface area contributed by atoms with E-state index in [0.717, 1.165) is 41.9 Å². The molecule has 114 valence electrons. The molecule has 0 aliphatic heterocycles. The molecule has 0 radical (unpaired) electrons. The summed E-state index contributed by atoms with van der Waals surface area (Å²) in [6.45, 7) is 6.50. The van der Waals surface area contributed by atoms with Crippen LogP contribution in [0.4, 0.5) is 0 Å². The first-order valence-electron chi connectivity index (χ1n) is 8.60. The lowest BCUT2D eigenvalue weighted by molar-refractivity contribution is -0.149. The summed E-state index contributed by atoms with van der Waals surface area (Å²) < 4.78 is 4.98. The van der Waals surface area contributed by atoms with Gasteiger partial charge in [0, 0.05) is 0 Å². The van der Waals surface area contributed by atoms with Crippen LogP contribution < -0.4 is 0 Å². The second kappa shape index (κ2) is 5.35. The van der Waals surface area contributed by atoms with Crippen molar-refractivity contribution < 1.29 is 9.53 Å². The molecule has 0 aromatic rings. The van der Waals surface area contributed by atoms with Gasteiger partial charge in [-0.1, -0.05) is 20.8 Å². The summed E-state index contributed by atoms with van der Waals surface area (Å²) in [5.74, 6) is 6.64. The Kier molecular flexibility index (Phi) is 3.85. The molecule has 4 bridgehead atoms. The third kappa shape index (κ3) is 2.19. The molecule has 4 fully saturated rings. The zero-order valence-corrected chi connectivity index (χ0v) is 13.5. The molecule has 0 aromatic carbocycles. The van der Waals surface area contributed by atoms with Gasteiger partial charge in [-0.15, -0.1) is 0 Å². The molecule has 0 amide bonds. The third-order valence-corrected chi connectivity index (χ3v) is 6.24. The molecule has 20 heavy (non-hydrogen) atoms. The maximum atomic E-state index is 11.8. The van der Waals surface area contributed by atoms with Crippen LogP contribution in [0.2, 0.25) is 0 Å². The lowest BCUT2D eigenvalue weighted by atomic mass is 9.67. The molecule has 0 heterocycles. The van der Waals surface area contributed by atoms with Crippen LogP contribution in [0.3, 0.4) is 0 Å². The summed E-state index contributed by atoms with van der Waals surface area (Å²) >= 11 is 0. The van der Waals surface area contributed by atoms with E-state index in [2.05, 4.69) is 20.8 Å². The molecule has 7 unspecified atom stereocenters. The Balaban J connectivity index is 0.000000272. The number of carbonyl (C=O) groups is 1. The van der Waals surface area contributed by atoms with Gasteiger partial charge in [0.15, 0.2) is 0 Å². The van der Waals surface area contributed by atoms with Gasteiger partial charge in [-0.3, -0.25) is 4.79 Å². The number of hydrogen-bond donors (Lipinski definition) is 0. The number of rotatable bonds is 1. The molecule has 4 aliphatic carbocycles. The first-order valence-corrected chi connectivity index (χ1v) is 8.60. The van der Waals surface area contributed by atoms with E-state index in [4.69, 9.17) is 4.74 Å². The van der Waals surface area contributed by atoms with Gasteiger partial charge in [0.05, 0.1) is 13.0 Å². The van der Waals surface area contributed by atoms with E-state index in [-0.39, 0.29) is 11.9 Å². The van der Waals surface area contributed by atoms with Crippen molar-refractivity contribution >= 4 is 5.97 Å². The molecule has 7 atom stereocenters. The zero-order chi connectivity index (χ0) is 14.4. The summed E-state index contributed by atoms with van der Waals surface area (Å²) in [5, 5.41) is 0. The highest BCUT2D eigenvalue weighted by Crippen LogP contribution is 2.68. The molecular formula is C18H30O2. The van der Waals surface area contributed by atoms with E-state index in [9.17, 15) is 4.79 Å². The van der Waals surface area contributed by atoms with E-state index in [1.807, 2.05) is 0 Å². The second-order valence-electron chi connectivity index (χ2n) is 8.24. The Morgan fingerprint density at radius 1 is 0.950 bits per heavy atom. The summed E-state index contributed by atoms with van der Waals surface area (Å²) in [6.07, 6.45) is 6.89. The Morgan fingerprint density at radius 3 is 2.15 bits per heavy atom. The van der Waals surface area contributed by atoms with Crippen molar-refractivity contribution in [3.63, 3.8) is 0 Å². The van der Waals surface area contributed by atoms with Gasteiger partial charge in [-0.05, 0) is 73.5 Å². The quantitative estimate of drug-likeness (QED) is 0.532. The molecule has 4 aliphatic rings. The summed E-state index contributed by atoms with van der Waals surface area (Å²) in [5.41, 5.74) is 0. The highest BCUT2D eigenvalue weighted by molar-refractivity contribution is 5.73. The Labute approximate surface area is 123 Å².